The number of nitrogens with one attached hydrogen (secondary N) is 1. The Bertz CT molecular complexity index is 596. The molecule has 1 N–H and O–H groups in total. The summed E-state index contributed by atoms with van der Waals surface area (Å²) in [6, 6.07) is 5.53. The van der Waals surface area contributed by atoms with Gasteiger partial charge in [0.15, 0.2) is 5.57 Å². The Balaban J connectivity index is 2.72. The van der Waals surface area contributed by atoms with Crippen LogP contribution in [0.25, 0.3) is 0 Å². The van der Waals surface area contributed by atoms with Gasteiger partial charge in [0.25, 0.3) is 0 Å². The Morgan fingerprint density at radius 3 is 2.75 bits per heavy atom. The van der Waals surface area contributed by atoms with Crippen LogP contribution < -0.4 is 10.1 Å². The van der Waals surface area contributed by atoms with Gasteiger partial charge in [0.05, 0.1) is 18.2 Å². The van der Waals surface area contributed by atoms with E-state index in [1.54, 1.807) is 18.5 Å². The van der Waals surface area contributed by atoms with Crippen LogP contribution >= 0.6 is 11.8 Å². The molecule has 0 spiro atoms. The second kappa shape index (κ2) is 11.3. The number of hydrogen-bond acceptors (Lipinski definition) is 8. The third-order valence-corrected chi connectivity index (χ3v) is 3.57. The number of thioether (sulfide) groups is 1. The molecule has 0 aliphatic carbocycles. The van der Waals surface area contributed by atoms with E-state index in [1.807, 2.05) is 19.1 Å². The first kappa shape index (κ1) is 19.8. The molecule has 130 valence electrons. The molecule has 0 unspecified atom stereocenters. The third-order valence-electron chi connectivity index (χ3n) is 2.81. The first-order valence-electron chi connectivity index (χ1n) is 7.32. The highest BCUT2D eigenvalue weighted by molar-refractivity contribution is 8.02. The van der Waals surface area contributed by atoms with Gasteiger partial charge in [-0.15, -0.1) is 11.8 Å². The molecule has 0 aliphatic heterocycles. The third kappa shape index (κ3) is 6.48. The van der Waals surface area contributed by atoms with Crippen molar-refractivity contribution in [1.82, 2.24) is 10.3 Å². The Labute approximate surface area is 146 Å². The number of aromatic nitrogens is 1. The van der Waals surface area contributed by atoms with Gasteiger partial charge < -0.3 is 19.5 Å². The molecule has 7 nitrogen and oxygen atoms in total. The second-order valence-corrected chi connectivity index (χ2v) is 5.26. The Morgan fingerprint density at radius 1 is 1.42 bits per heavy atom. The van der Waals surface area contributed by atoms with Crippen molar-refractivity contribution in [1.29, 1.82) is 5.26 Å². The number of carbonyl (C=O) groups excluding carboxylic acids is 1. The van der Waals surface area contributed by atoms with Gasteiger partial charge in [0.2, 0.25) is 5.88 Å². The summed E-state index contributed by atoms with van der Waals surface area (Å²) in [6.07, 6.45) is 3.46. The van der Waals surface area contributed by atoms with Crippen molar-refractivity contribution in [3.63, 3.8) is 0 Å². The van der Waals surface area contributed by atoms with Gasteiger partial charge in [-0.2, -0.15) is 5.26 Å². The van der Waals surface area contributed by atoms with Crippen LogP contribution in [0.3, 0.4) is 0 Å². The van der Waals surface area contributed by atoms with Gasteiger partial charge in [-0.3, -0.25) is 0 Å². The summed E-state index contributed by atoms with van der Waals surface area (Å²) in [6.45, 7) is 3.25. The average molecular weight is 351 g/mol. The number of ether oxygens (including phenoxy) is 3. The zero-order valence-electron chi connectivity index (χ0n) is 14.0. The fourth-order valence-electron chi connectivity index (χ4n) is 1.67. The SMILES string of the molecule is CCOc1ccc(CN/C(SC)=C(\C#N)C(=O)OCCOC)cn1. The molecule has 8 heteroatoms. The molecule has 0 aromatic carbocycles. The van der Waals surface area contributed by atoms with Crippen molar-refractivity contribution in [2.24, 2.45) is 0 Å². The largest absolute Gasteiger partial charge is 0.478 e. The summed E-state index contributed by atoms with van der Waals surface area (Å²) in [4.78, 5) is 16.1. The molecule has 1 heterocycles. The van der Waals surface area contributed by atoms with E-state index >= 15 is 0 Å². The van der Waals surface area contributed by atoms with Crippen LogP contribution in [-0.2, 0) is 20.8 Å². The number of nitrogens with zero attached hydrogens (tertiary/aromatic N) is 2. The smallest absolute Gasteiger partial charge is 0.351 e. The summed E-state index contributed by atoms with van der Waals surface area (Å²) >= 11 is 1.27. The van der Waals surface area contributed by atoms with Gasteiger partial charge >= 0.3 is 5.97 Å². The number of pyridine rings is 1. The molecule has 0 fully saturated rings. The molecule has 0 amide bonds. The number of nitriles is 1. The van der Waals surface area contributed by atoms with Crippen LogP contribution in [0.5, 0.6) is 5.88 Å². The molecule has 1 rings (SSSR count). The molecule has 1 aromatic heterocycles. The first-order valence-corrected chi connectivity index (χ1v) is 8.54. The van der Waals surface area contributed by atoms with Gasteiger partial charge in [0.1, 0.15) is 12.7 Å². The zero-order chi connectivity index (χ0) is 17.8. The van der Waals surface area contributed by atoms with Gasteiger partial charge in [-0.25, -0.2) is 9.78 Å². The molecule has 0 bridgehead atoms. The summed E-state index contributed by atoms with van der Waals surface area (Å²) in [5, 5.41) is 12.7. The highest BCUT2D eigenvalue weighted by atomic mass is 32.2. The van der Waals surface area contributed by atoms with Crippen LogP contribution in [0.15, 0.2) is 28.9 Å². The molecule has 24 heavy (non-hydrogen) atoms. The number of rotatable bonds is 10. The van der Waals surface area contributed by atoms with E-state index in [2.05, 4.69) is 10.3 Å². The minimum absolute atomic E-state index is 0.0579. The van der Waals surface area contributed by atoms with Gasteiger partial charge in [0, 0.05) is 25.9 Å². The highest BCUT2D eigenvalue weighted by Gasteiger charge is 2.16. The normalized spacial score (nSPS) is 11.2. The minimum Gasteiger partial charge on any atom is -0.478 e. The lowest BCUT2D eigenvalue weighted by molar-refractivity contribution is -0.139. The maximum Gasteiger partial charge on any atom is 0.351 e. The van der Waals surface area contributed by atoms with Crippen LogP contribution in [0, 0.1) is 11.3 Å². The van der Waals surface area contributed by atoms with E-state index in [-0.39, 0.29) is 18.8 Å². The van der Waals surface area contributed by atoms with Crippen LogP contribution in [0.4, 0.5) is 0 Å². The number of carbonyl (C=O) groups is 1. The topological polar surface area (TPSA) is 93.5 Å². The monoisotopic (exact) mass is 351 g/mol. The van der Waals surface area contributed by atoms with E-state index in [1.165, 1.54) is 18.9 Å². The van der Waals surface area contributed by atoms with Crippen molar-refractivity contribution >= 4 is 17.7 Å². The van der Waals surface area contributed by atoms with Gasteiger partial charge in [-0.05, 0) is 18.7 Å². The van der Waals surface area contributed by atoms with E-state index in [9.17, 15) is 10.1 Å². The lowest BCUT2D eigenvalue weighted by Crippen LogP contribution is -2.18. The predicted molar refractivity (Wildman–Crippen MR) is 91.2 cm³/mol. The van der Waals surface area contributed by atoms with E-state index < -0.39 is 5.97 Å². The van der Waals surface area contributed by atoms with Crippen LogP contribution in [0.2, 0.25) is 0 Å². The first-order chi connectivity index (χ1) is 11.7. The standard InChI is InChI=1S/C16H21N3O4S/c1-4-22-14-6-5-12(10-18-14)11-19-15(24-3)13(9-17)16(20)23-8-7-21-2/h5-6,10,19H,4,7-8,11H2,1-3H3/b15-13-. The van der Waals surface area contributed by atoms with Crippen molar-refractivity contribution in [2.75, 3.05) is 33.2 Å². The molecule has 0 saturated heterocycles. The Hall–Kier alpha value is -2.24. The van der Waals surface area contributed by atoms with Crippen molar-refractivity contribution in [2.45, 2.75) is 13.5 Å². The van der Waals surface area contributed by atoms with Crippen LogP contribution in [-0.4, -0.2) is 44.1 Å². The molecular weight excluding hydrogens is 330 g/mol. The Kier molecular flexibility index (Phi) is 9.34. The highest BCUT2D eigenvalue weighted by Crippen LogP contribution is 2.16. The fraction of sp³-hybridized carbons (Fsp3) is 0.438. The molecule has 0 atom stereocenters. The molecule has 0 saturated carbocycles. The zero-order valence-corrected chi connectivity index (χ0v) is 14.8. The summed E-state index contributed by atoms with van der Waals surface area (Å²) in [5.41, 5.74) is 0.840. The number of esters is 1. The molecule has 0 aliphatic rings. The average Bonchev–Trinajstić information content (AvgIpc) is 2.60. The summed E-state index contributed by atoms with van der Waals surface area (Å²) in [7, 11) is 1.51. The minimum atomic E-state index is -0.670. The second-order valence-electron chi connectivity index (χ2n) is 4.44. The lowest BCUT2D eigenvalue weighted by Gasteiger charge is -2.11. The molecular formula is C16H21N3O4S. The van der Waals surface area contributed by atoms with Gasteiger partial charge in [-0.1, -0.05) is 6.07 Å². The van der Waals surface area contributed by atoms with E-state index in [4.69, 9.17) is 14.2 Å². The predicted octanol–water partition coefficient (Wildman–Crippen LogP) is 1.86. The Morgan fingerprint density at radius 2 is 2.21 bits per heavy atom. The number of methoxy groups -OCH3 is 1. The maximum absolute atomic E-state index is 11.9. The van der Waals surface area contributed by atoms with Crippen molar-refractivity contribution in [3.8, 4) is 11.9 Å². The van der Waals surface area contributed by atoms with Crippen molar-refractivity contribution < 1.29 is 19.0 Å². The van der Waals surface area contributed by atoms with Crippen molar-refractivity contribution in [3.05, 3.63) is 34.5 Å². The number of hydrogen-bond donors (Lipinski definition) is 1. The molecule has 0 radical (unpaired) electrons. The maximum atomic E-state index is 11.9. The van der Waals surface area contributed by atoms with Crippen LogP contribution in [0.1, 0.15) is 12.5 Å². The lowest BCUT2D eigenvalue weighted by atomic mass is 10.2. The summed E-state index contributed by atoms with van der Waals surface area (Å²) in [5.74, 6) is -0.113. The summed E-state index contributed by atoms with van der Waals surface area (Å²) < 4.78 is 15.1. The molecule has 1 aromatic rings. The fourth-order valence-corrected chi connectivity index (χ4v) is 2.22. The van der Waals surface area contributed by atoms with E-state index in [0.29, 0.717) is 24.1 Å². The van der Waals surface area contributed by atoms with E-state index in [0.717, 1.165) is 5.56 Å². The quantitative estimate of drug-likeness (QED) is 0.295.